The number of hydrogen-bond acceptors (Lipinski definition) is 3. The Kier molecular flexibility index (Phi) is 1.87. The second-order valence-electron chi connectivity index (χ2n) is 3.57. The zero-order chi connectivity index (χ0) is 8.55. The van der Waals surface area contributed by atoms with E-state index in [1.807, 2.05) is 0 Å². The van der Waals surface area contributed by atoms with Gasteiger partial charge < -0.3 is 4.52 Å². The van der Waals surface area contributed by atoms with Crippen LogP contribution in [0.15, 0.2) is 4.52 Å². The summed E-state index contributed by atoms with van der Waals surface area (Å²) in [5.74, 6) is 2.74. The predicted octanol–water partition coefficient (Wildman–Crippen LogP) is 2.46. The van der Waals surface area contributed by atoms with Crippen molar-refractivity contribution in [1.82, 2.24) is 10.1 Å². The Morgan fingerprint density at radius 3 is 2.92 bits per heavy atom. The summed E-state index contributed by atoms with van der Waals surface area (Å²) in [6.45, 7) is 4.25. The average Bonchev–Trinajstić information content (AvgIpc) is 2.83. The first-order chi connectivity index (χ1) is 5.81. The van der Waals surface area contributed by atoms with Gasteiger partial charge in [-0.05, 0) is 19.3 Å². The lowest BCUT2D eigenvalue weighted by atomic mass is 10.1. The molecule has 1 fully saturated rings. The zero-order valence-corrected chi connectivity index (χ0v) is 7.58. The fraction of sp³-hybridized carbons (Fsp3) is 0.778. The van der Waals surface area contributed by atoms with Crippen LogP contribution in [0.5, 0.6) is 0 Å². The van der Waals surface area contributed by atoms with Crippen molar-refractivity contribution in [3.63, 3.8) is 0 Å². The van der Waals surface area contributed by atoms with Crippen molar-refractivity contribution in [2.75, 3.05) is 0 Å². The molecule has 66 valence electrons. The molecule has 0 radical (unpaired) electrons. The van der Waals surface area contributed by atoms with E-state index < -0.39 is 0 Å². The van der Waals surface area contributed by atoms with Crippen molar-refractivity contribution in [1.29, 1.82) is 0 Å². The molecule has 2 rings (SSSR count). The van der Waals surface area contributed by atoms with Crippen molar-refractivity contribution >= 4 is 0 Å². The number of hydrogen-bond donors (Lipinski definition) is 0. The van der Waals surface area contributed by atoms with Crippen molar-refractivity contribution in [2.24, 2.45) is 0 Å². The third-order valence-electron chi connectivity index (χ3n) is 2.43. The predicted molar refractivity (Wildman–Crippen MR) is 45.0 cm³/mol. The Bertz CT molecular complexity index is 265. The SMILES string of the molecule is CCC(C)c1nc(C2CC2)no1. The van der Waals surface area contributed by atoms with Gasteiger partial charge in [0, 0.05) is 11.8 Å². The highest BCUT2D eigenvalue weighted by Crippen LogP contribution is 2.38. The van der Waals surface area contributed by atoms with Crippen LogP contribution >= 0.6 is 0 Å². The van der Waals surface area contributed by atoms with Crippen LogP contribution in [-0.4, -0.2) is 10.1 Å². The van der Waals surface area contributed by atoms with Gasteiger partial charge in [-0.15, -0.1) is 0 Å². The largest absolute Gasteiger partial charge is 0.339 e. The van der Waals surface area contributed by atoms with Gasteiger partial charge in [0.05, 0.1) is 0 Å². The third kappa shape index (κ3) is 1.36. The number of nitrogens with zero attached hydrogens (tertiary/aromatic N) is 2. The summed E-state index contributed by atoms with van der Waals surface area (Å²) in [6, 6.07) is 0. The van der Waals surface area contributed by atoms with Gasteiger partial charge in [-0.1, -0.05) is 19.0 Å². The van der Waals surface area contributed by atoms with Crippen LogP contribution in [0, 0.1) is 0 Å². The zero-order valence-electron chi connectivity index (χ0n) is 7.58. The molecular formula is C9H14N2O. The summed E-state index contributed by atoms with van der Waals surface area (Å²) in [5, 5.41) is 3.96. The number of rotatable bonds is 3. The molecule has 0 aromatic carbocycles. The molecule has 1 heterocycles. The molecule has 0 aliphatic heterocycles. The van der Waals surface area contributed by atoms with E-state index in [2.05, 4.69) is 24.0 Å². The van der Waals surface area contributed by atoms with E-state index in [4.69, 9.17) is 4.52 Å². The molecule has 3 heteroatoms. The summed E-state index contributed by atoms with van der Waals surface area (Å²) in [4.78, 5) is 4.37. The standard InChI is InChI=1S/C9H14N2O/c1-3-6(2)9-10-8(11-12-9)7-4-5-7/h6-7H,3-5H2,1-2H3. The molecule has 0 spiro atoms. The van der Waals surface area contributed by atoms with E-state index in [0.717, 1.165) is 18.1 Å². The highest BCUT2D eigenvalue weighted by molar-refractivity contribution is 5.04. The fourth-order valence-corrected chi connectivity index (χ4v) is 1.13. The first kappa shape index (κ1) is 7.77. The maximum Gasteiger partial charge on any atom is 0.229 e. The van der Waals surface area contributed by atoms with E-state index in [9.17, 15) is 0 Å². The fourth-order valence-electron chi connectivity index (χ4n) is 1.13. The molecule has 0 saturated heterocycles. The Hall–Kier alpha value is -0.860. The van der Waals surface area contributed by atoms with E-state index in [1.165, 1.54) is 12.8 Å². The van der Waals surface area contributed by atoms with Crippen LogP contribution in [0.25, 0.3) is 0 Å². The normalized spacial score (nSPS) is 19.5. The van der Waals surface area contributed by atoms with Gasteiger partial charge in [-0.3, -0.25) is 0 Å². The minimum atomic E-state index is 0.407. The lowest BCUT2D eigenvalue weighted by Gasteiger charge is -1.98. The van der Waals surface area contributed by atoms with Crippen molar-refractivity contribution in [2.45, 2.75) is 44.9 Å². The van der Waals surface area contributed by atoms with Crippen LogP contribution in [-0.2, 0) is 0 Å². The van der Waals surface area contributed by atoms with Gasteiger partial charge in [-0.25, -0.2) is 0 Å². The molecule has 1 aromatic heterocycles. The maximum absolute atomic E-state index is 5.16. The molecule has 1 aromatic rings. The Labute approximate surface area is 72.2 Å². The molecule has 0 bridgehead atoms. The second kappa shape index (κ2) is 2.88. The van der Waals surface area contributed by atoms with E-state index in [-0.39, 0.29) is 0 Å². The van der Waals surface area contributed by atoms with E-state index in [1.54, 1.807) is 0 Å². The van der Waals surface area contributed by atoms with Crippen molar-refractivity contribution < 1.29 is 4.52 Å². The molecule has 3 nitrogen and oxygen atoms in total. The van der Waals surface area contributed by atoms with Gasteiger partial charge in [-0.2, -0.15) is 4.98 Å². The van der Waals surface area contributed by atoms with Gasteiger partial charge in [0.25, 0.3) is 0 Å². The van der Waals surface area contributed by atoms with Crippen LogP contribution in [0.1, 0.15) is 56.7 Å². The smallest absolute Gasteiger partial charge is 0.229 e. The van der Waals surface area contributed by atoms with Crippen molar-refractivity contribution in [3.05, 3.63) is 11.7 Å². The molecular weight excluding hydrogens is 152 g/mol. The van der Waals surface area contributed by atoms with Gasteiger partial charge in [0.2, 0.25) is 5.89 Å². The van der Waals surface area contributed by atoms with E-state index >= 15 is 0 Å². The summed E-state index contributed by atoms with van der Waals surface area (Å²) in [5.41, 5.74) is 0. The average molecular weight is 166 g/mol. The first-order valence-electron chi connectivity index (χ1n) is 4.64. The lowest BCUT2D eigenvalue weighted by Crippen LogP contribution is -1.91. The molecule has 12 heavy (non-hydrogen) atoms. The van der Waals surface area contributed by atoms with Gasteiger partial charge in [0.15, 0.2) is 5.82 Å². The van der Waals surface area contributed by atoms with Crippen molar-refractivity contribution in [3.8, 4) is 0 Å². The highest BCUT2D eigenvalue weighted by atomic mass is 16.5. The van der Waals surface area contributed by atoms with Crippen LogP contribution in [0.4, 0.5) is 0 Å². The van der Waals surface area contributed by atoms with Crippen LogP contribution in [0.3, 0.4) is 0 Å². The summed E-state index contributed by atoms with van der Waals surface area (Å²) in [7, 11) is 0. The van der Waals surface area contributed by atoms with Crippen LogP contribution in [0.2, 0.25) is 0 Å². The lowest BCUT2D eigenvalue weighted by molar-refractivity contribution is 0.352. The Morgan fingerprint density at radius 2 is 2.33 bits per heavy atom. The van der Waals surface area contributed by atoms with Gasteiger partial charge >= 0.3 is 0 Å². The van der Waals surface area contributed by atoms with Gasteiger partial charge in [0.1, 0.15) is 0 Å². The summed E-state index contributed by atoms with van der Waals surface area (Å²) < 4.78 is 5.16. The molecule has 1 atom stereocenters. The quantitative estimate of drug-likeness (QED) is 0.692. The topological polar surface area (TPSA) is 38.9 Å². The second-order valence-corrected chi connectivity index (χ2v) is 3.57. The molecule has 1 aliphatic rings. The Balaban J connectivity index is 2.12. The highest BCUT2D eigenvalue weighted by Gasteiger charge is 2.29. The summed E-state index contributed by atoms with van der Waals surface area (Å²) >= 11 is 0. The maximum atomic E-state index is 5.16. The Morgan fingerprint density at radius 1 is 1.58 bits per heavy atom. The summed E-state index contributed by atoms with van der Waals surface area (Å²) in [6.07, 6.45) is 3.53. The van der Waals surface area contributed by atoms with E-state index in [0.29, 0.717) is 11.8 Å². The molecule has 1 aliphatic carbocycles. The third-order valence-corrected chi connectivity index (χ3v) is 2.43. The molecule has 0 amide bonds. The monoisotopic (exact) mass is 166 g/mol. The van der Waals surface area contributed by atoms with Crippen LogP contribution < -0.4 is 0 Å². The minimum absolute atomic E-state index is 0.407. The molecule has 1 saturated carbocycles. The first-order valence-corrected chi connectivity index (χ1v) is 4.64. The number of aromatic nitrogens is 2. The molecule has 1 unspecified atom stereocenters. The minimum Gasteiger partial charge on any atom is -0.339 e. The molecule has 0 N–H and O–H groups in total.